The number of fused-ring (bicyclic) bond motifs is 1. The summed E-state index contributed by atoms with van der Waals surface area (Å²) in [6.07, 6.45) is 3.75. The van der Waals surface area contributed by atoms with Crippen molar-refractivity contribution < 1.29 is 4.74 Å². The van der Waals surface area contributed by atoms with Crippen molar-refractivity contribution in [2.75, 3.05) is 25.6 Å². The minimum atomic E-state index is 0.646. The first-order chi connectivity index (χ1) is 10.3. The summed E-state index contributed by atoms with van der Waals surface area (Å²) >= 11 is 5.95. The minimum Gasteiger partial charge on any atom is -0.383 e. The van der Waals surface area contributed by atoms with Crippen molar-refractivity contribution >= 4 is 22.9 Å². The number of benzene rings is 1. The molecule has 5 heteroatoms. The number of ether oxygens (including phenoxy) is 1. The van der Waals surface area contributed by atoms with E-state index in [1.54, 1.807) is 13.3 Å². The lowest BCUT2D eigenvalue weighted by Crippen LogP contribution is -2.09. The second-order valence-electron chi connectivity index (χ2n) is 4.68. The summed E-state index contributed by atoms with van der Waals surface area (Å²) in [5.74, 6) is 0.856. The third-order valence-corrected chi connectivity index (χ3v) is 3.57. The molecule has 108 valence electrons. The number of halogens is 1. The van der Waals surface area contributed by atoms with Gasteiger partial charge in [0.05, 0.1) is 17.8 Å². The molecule has 3 aromatic rings. The van der Waals surface area contributed by atoms with Gasteiger partial charge in [-0.05, 0) is 29.8 Å². The van der Waals surface area contributed by atoms with E-state index in [0.717, 1.165) is 34.2 Å². The monoisotopic (exact) mass is 301 g/mol. The first kappa shape index (κ1) is 13.9. The van der Waals surface area contributed by atoms with Crippen LogP contribution in [0.5, 0.6) is 0 Å². The second kappa shape index (κ2) is 6.16. The molecule has 0 amide bonds. The molecule has 0 unspecified atom stereocenters. The van der Waals surface area contributed by atoms with E-state index in [9.17, 15) is 0 Å². The van der Waals surface area contributed by atoms with Gasteiger partial charge in [-0.3, -0.25) is 0 Å². The molecule has 21 heavy (non-hydrogen) atoms. The van der Waals surface area contributed by atoms with Gasteiger partial charge in [0.25, 0.3) is 0 Å². The van der Waals surface area contributed by atoms with E-state index in [4.69, 9.17) is 16.3 Å². The molecule has 0 fully saturated rings. The van der Waals surface area contributed by atoms with Crippen LogP contribution in [0, 0.1) is 0 Å². The summed E-state index contributed by atoms with van der Waals surface area (Å²) in [7, 11) is 1.69. The van der Waals surface area contributed by atoms with Crippen molar-refractivity contribution in [2.24, 2.45) is 0 Å². The Labute approximate surface area is 128 Å². The zero-order valence-corrected chi connectivity index (χ0v) is 12.5. The van der Waals surface area contributed by atoms with E-state index in [0.29, 0.717) is 6.61 Å². The molecule has 1 aromatic carbocycles. The standard InChI is InChI=1S/C16H16ClN3O/c1-21-11-9-19-16-15-7-6-14(20(15)10-8-18-16)12-2-4-13(17)5-3-12/h2-8,10H,9,11H2,1H3,(H,18,19). The van der Waals surface area contributed by atoms with Crippen molar-refractivity contribution in [1.82, 2.24) is 9.38 Å². The number of nitrogens with zero attached hydrogens (tertiary/aromatic N) is 2. The van der Waals surface area contributed by atoms with Crippen LogP contribution in [0.2, 0.25) is 5.02 Å². The largest absolute Gasteiger partial charge is 0.383 e. The van der Waals surface area contributed by atoms with Gasteiger partial charge in [0.1, 0.15) is 5.82 Å². The number of nitrogens with one attached hydrogen (secondary N) is 1. The third kappa shape index (κ3) is 2.86. The molecule has 2 heterocycles. The maximum atomic E-state index is 5.95. The van der Waals surface area contributed by atoms with Gasteiger partial charge in [-0.2, -0.15) is 0 Å². The quantitative estimate of drug-likeness (QED) is 0.730. The second-order valence-corrected chi connectivity index (χ2v) is 5.11. The van der Waals surface area contributed by atoms with Gasteiger partial charge in [0.2, 0.25) is 0 Å². The van der Waals surface area contributed by atoms with E-state index in [1.165, 1.54) is 0 Å². The predicted octanol–water partition coefficient (Wildman–Crippen LogP) is 3.71. The average Bonchev–Trinajstić information content (AvgIpc) is 2.93. The first-order valence-electron chi connectivity index (χ1n) is 6.74. The number of hydrogen-bond acceptors (Lipinski definition) is 3. The fraction of sp³-hybridized carbons (Fsp3) is 0.188. The zero-order chi connectivity index (χ0) is 14.7. The number of rotatable bonds is 5. The van der Waals surface area contributed by atoms with Gasteiger partial charge < -0.3 is 14.5 Å². The van der Waals surface area contributed by atoms with Gasteiger partial charge in [-0.25, -0.2) is 4.98 Å². The predicted molar refractivity (Wildman–Crippen MR) is 86.0 cm³/mol. The molecule has 0 bridgehead atoms. The molecule has 0 radical (unpaired) electrons. The highest BCUT2D eigenvalue weighted by molar-refractivity contribution is 6.30. The first-order valence-corrected chi connectivity index (χ1v) is 7.12. The van der Waals surface area contributed by atoms with E-state index in [1.807, 2.05) is 30.5 Å². The molecule has 1 N–H and O–H groups in total. The van der Waals surface area contributed by atoms with E-state index >= 15 is 0 Å². The van der Waals surface area contributed by atoms with Crippen molar-refractivity contribution in [2.45, 2.75) is 0 Å². The topological polar surface area (TPSA) is 38.6 Å². The lowest BCUT2D eigenvalue weighted by molar-refractivity contribution is 0.210. The van der Waals surface area contributed by atoms with E-state index in [-0.39, 0.29) is 0 Å². The SMILES string of the molecule is COCCNc1nccn2c(-c3ccc(Cl)cc3)ccc12. The molecule has 0 aliphatic rings. The smallest absolute Gasteiger partial charge is 0.150 e. The minimum absolute atomic E-state index is 0.646. The van der Waals surface area contributed by atoms with Crippen LogP contribution in [0.4, 0.5) is 5.82 Å². The Morgan fingerprint density at radius 3 is 2.76 bits per heavy atom. The van der Waals surface area contributed by atoms with Gasteiger partial charge in [-0.1, -0.05) is 23.7 Å². The molecule has 0 spiro atoms. The van der Waals surface area contributed by atoms with Crippen molar-refractivity contribution in [3.05, 3.63) is 53.8 Å². The fourth-order valence-corrected chi connectivity index (χ4v) is 2.43. The third-order valence-electron chi connectivity index (χ3n) is 3.32. The van der Waals surface area contributed by atoms with Crippen LogP contribution >= 0.6 is 11.6 Å². The molecular weight excluding hydrogens is 286 g/mol. The van der Waals surface area contributed by atoms with Gasteiger partial charge >= 0.3 is 0 Å². The number of hydrogen-bond donors (Lipinski definition) is 1. The Morgan fingerprint density at radius 2 is 2.00 bits per heavy atom. The summed E-state index contributed by atoms with van der Waals surface area (Å²) in [5.41, 5.74) is 3.27. The van der Waals surface area contributed by atoms with Crippen molar-refractivity contribution in [3.63, 3.8) is 0 Å². The molecule has 0 aliphatic carbocycles. The van der Waals surface area contributed by atoms with Crippen LogP contribution in [0.15, 0.2) is 48.8 Å². The molecule has 3 rings (SSSR count). The molecule has 2 aromatic heterocycles. The Bertz CT molecular complexity index is 737. The van der Waals surface area contributed by atoms with Crippen LogP contribution in [-0.2, 0) is 4.74 Å². The molecule has 0 saturated heterocycles. The Morgan fingerprint density at radius 1 is 1.19 bits per heavy atom. The highest BCUT2D eigenvalue weighted by atomic mass is 35.5. The molecule has 4 nitrogen and oxygen atoms in total. The fourth-order valence-electron chi connectivity index (χ4n) is 2.31. The summed E-state index contributed by atoms with van der Waals surface area (Å²) in [4.78, 5) is 4.39. The molecule has 0 atom stereocenters. The van der Waals surface area contributed by atoms with Crippen molar-refractivity contribution in [3.8, 4) is 11.3 Å². The van der Waals surface area contributed by atoms with Gasteiger partial charge in [-0.15, -0.1) is 0 Å². The lowest BCUT2D eigenvalue weighted by atomic mass is 10.1. The highest BCUT2D eigenvalue weighted by Gasteiger charge is 2.08. The number of methoxy groups -OCH3 is 1. The summed E-state index contributed by atoms with van der Waals surface area (Å²) in [6.45, 7) is 1.37. The number of anilines is 1. The van der Waals surface area contributed by atoms with Crippen LogP contribution in [0.1, 0.15) is 0 Å². The van der Waals surface area contributed by atoms with Crippen molar-refractivity contribution in [1.29, 1.82) is 0 Å². The highest BCUT2D eigenvalue weighted by Crippen LogP contribution is 2.26. The average molecular weight is 302 g/mol. The molecule has 0 saturated carbocycles. The Kier molecular flexibility index (Phi) is 4.08. The molecule has 0 aliphatic heterocycles. The van der Waals surface area contributed by atoms with Crippen LogP contribution in [-0.4, -0.2) is 29.6 Å². The summed E-state index contributed by atoms with van der Waals surface area (Å²) in [6, 6.07) is 12.0. The van der Waals surface area contributed by atoms with Crippen LogP contribution < -0.4 is 5.32 Å². The van der Waals surface area contributed by atoms with E-state index < -0.39 is 0 Å². The van der Waals surface area contributed by atoms with Gasteiger partial charge in [0.15, 0.2) is 0 Å². The van der Waals surface area contributed by atoms with Crippen LogP contribution in [0.25, 0.3) is 16.8 Å². The maximum absolute atomic E-state index is 5.95. The lowest BCUT2D eigenvalue weighted by Gasteiger charge is -2.08. The number of aromatic nitrogens is 2. The normalized spacial score (nSPS) is 11.0. The molecular formula is C16H16ClN3O. The summed E-state index contributed by atoms with van der Waals surface area (Å²) in [5, 5.41) is 4.02. The maximum Gasteiger partial charge on any atom is 0.150 e. The Hall–Kier alpha value is -2.04. The summed E-state index contributed by atoms with van der Waals surface area (Å²) < 4.78 is 7.17. The van der Waals surface area contributed by atoms with Gasteiger partial charge in [0, 0.05) is 31.1 Å². The van der Waals surface area contributed by atoms with Crippen LogP contribution in [0.3, 0.4) is 0 Å². The zero-order valence-electron chi connectivity index (χ0n) is 11.7. The van der Waals surface area contributed by atoms with E-state index in [2.05, 4.69) is 26.8 Å². The Balaban J connectivity index is 1.98.